The minimum absolute atomic E-state index is 0.142. The van der Waals surface area contributed by atoms with E-state index in [1.807, 2.05) is 12.1 Å². The number of hydrogen-bond donors (Lipinski definition) is 1. The highest BCUT2D eigenvalue weighted by atomic mass is 16.6. The molecule has 5 heteroatoms. The van der Waals surface area contributed by atoms with E-state index in [0.29, 0.717) is 18.6 Å². The zero-order chi connectivity index (χ0) is 13.8. The summed E-state index contributed by atoms with van der Waals surface area (Å²) in [5.74, 6) is 0. The van der Waals surface area contributed by atoms with Gasteiger partial charge < -0.3 is 0 Å². The van der Waals surface area contributed by atoms with Gasteiger partial charge in [-0.25, -0.2) is 5.01 Å². The van der Waals surface area contributed by atoms with Crippen LogP contribution in [0.25, 0.3) is 0 Å². The van der Waals surface area contributed by atoms with Crippen molar-refractivity contribution < 1.29 is 4.92 Å². The average molecular weight is 263 g/mol. The molecule has 2 atom stereocenters. The summed E-state index contributed by atoms with van der Waals surface area (Å²) < 4.78 is 0. The van der Waals surface area contributed by atoms with Gasteiger partial charge in [0.25, 0.3) is 5.69 Å². The van der Waals surface area contributed by atoms with Gasteiger partial charge in [-0.15, -0.1) is 0 Å². The summed E-state index contributed by atoms with van der Waals surface area (Å²) in [6.07, 6.45) is 3.73. The fourth-order valence-corrected chi connectivity index (χ4v) is 2.65. The van der Waals surface area contributed by atoms with E-state index >= 15 is 0 Å². The predicted molar refractivity (Wildman–Crippen MR) is 74.6 cm³/mol. The smallest absolute Gasteiger partial charge is 0.258 e. The molecule has 1 saturated heterocycles. The first-order valence-electron chi connectivity index (χ1n) is 6.83. The molecule has 1 N–H and O–H groups in total. The van der Waals surface area contributed by atoms with E-state index in [-0.39, 0.29) is 10.6 Å². The van der Waals surface area contributed by atoms with Gasteiger partial charge in [-0.2, -0.15) is 0 Å². The summed E-state index contributed by atoms with van der Waals surface area (Å²) in [7, 11) is 0. The van der Waals surface area contributed by atoms with E-state index in [4.69, 9.17) is 0 Å². The van der Waals surface area contributed by atoms with Gasteiger partial charge in [0.2, 0.25) is 0 Å². The van der Waals surface area contributed by atoms with E-state index in [9.17, 15) is 10.1 Å². The molecule has 1 fully saturated rings. The molecule has 1 aromatic rings. The van der Waals surface area contributed by atoms with Gasteiger partial charge >= 0.3 is 0 Å². The highest BCUT2D eigenvalue weighted by molar-refractivity contribution is 5.32. The van der Waals surface area contributed by atoms with Gasteiger partial charge in [0.15, 0.2) is 0 Å². The molecule has 104 valence electrons. The quantitative estimate of drug-likeness (QED) is 0.670. The van der Waals surface area contributed by atoms with Gasteiger partial charge in [0.1, 0.15) is 0 Å². The molecule has 0 spiro atoms. The fraction of sp³-hybridized carbons (Fsp3) is 0.571. The van der Waals surface area contributed by atoms with Crippen LogP contribution in [0.4, 0.5) is 5.69 Å². The molecule has 0 saturated carbocycles. The molecule has 0 aromatic heterocycles. The molecule has 0 aliphatic carbocycles. The van der Waals surface area contributed by atoms with Gasteiger partial charge in [0.05, 0.1) is 4.92 Å². The number of piperidine rings is 1. The Kier molecular flexibility index (Phi) is 4.50. The third-order valence-corrected chi connectivity index (χ3v) is 3.81. The molecule has 5 nitrogen and oxygen atoms in total. The Balaban J connectivity index is 1.92. The number of benzene rings is 1. The predicted octanol–water partition coefficient (Wildman–Crippen LogP) is 2.86. The van der Waals surface area contributed by atoms with Crippen molar-refractivity contribution in [3.05, 3.63) is 39.9 Å². The molecule has 2 rings (SSSR count). The fourth-order valence-electron chi connectivity index (χ4n) is 2.65. The number of nitrogens with zero attached hydrogens (tertiary/aromatic N) is 2. The van der Waals surface area contributed by atoms with Gasteiger partial charge in [-0.3, -0.25) is 15.5 Å². The first kappa shape index (κ1) is 14.0. The standard InChI is InChI=1S/C14H21N3O2/c1-11-4-3-5-12(2)16(11)15-10-13-6-8-14(9-7-13)17(18)19/h6-9,11-12,15H,3-5,10H2,1-2H3. The molecule has 1 aliphatic rings. The SMILES string of the molecule is CC1CCCC(C)N1NCc1ccc([N+](=O)[O-])cc1. The summed E-state index contributed by atoms with van der Waals surface area (Å²) in [5, 5.41) is 12.9. The van der Waals surface area contributed by atoms with Crippen LogP contribution in [-0.4, -0.2) is 22.0 Å². The maximum atomic E-state index is 10.6. The van der Waals surface area contributed by atoms with Crippen LogP contribution in [0.3, 0.4) is 0 Å². The van der Waals surface area contributed by atoms with E-state index in [1.165, 1.54) is 19.3 Å². The third-order valence-electron chi connectivity index (χ3n) is 3.81. The highest BCUT2D eigenvalue weighted by Gasteiger charge is 2.24. The van der Waals surface area contributed by atoms with Crippen LogP contribution in [0.15, 0.2) is 24.3 Å². The number of hydrogen-bond acceptors (Lipinski definition) is 4. The zero-order valence-electron chi connectivity index (χ0n) is 11.5. The van der Waals surface area contributed by atoms with Gasteiger partial charge in [-0.05, 0) is 32.3 Å². The van der Waals surface area contributed by atoms with Crippen molar-refractivity contribution in [1.29, 1.82) is 0 Å². The van der Waals surface area contributed by atoms with Crippen molar-refractivity contribution in [3.63, 3.8) is 0 Å². The molecule has 1 aromatic carbocycles. The largest absolute Gasteiger partial charge is 0.269 e. The van der Waals surface area contributed by atoms with E-state index < -0.39 is 0 Å². The number of nitro benzene ring substituents is 1. The minimum Gasteiger partial charge on any atom is -0.258 e. The molecule has 1 heterocycles. The van der Waals surface area contributed by atoms with Crippen LogP contribution in [0.2, 0.25) is 0 Å². The number of hydrazine groups is 1. The second-order valence-electron chi connectivity index (χ2n) is 5.29. The van der Waals surface area contributed by atoms with Gasteiger partial charge in [0, 0.05) is 30.8 Å². The van der Waals surface area contributed by atoms with Crippen LogP contribution in [0.1, 0.15) is 38.7 Å². The number of rotatable bonds is 4. The van der Waals surface area contributed by atoms with E-state index in [1.54, 1.807) is 12.1 Å². The second kappa shape index (κ2) is 6.12. The third kappa shape index (κ3) is 3.52. The van der Waals surface area contributed by atoms with Crippen molar-refractivity contribution in [2.75, 3.05) is 0 Å². The Labute approximate surface area is 113 Å². The summed E-state index contributed by atoms with van der Waals surface area (Å²) in [4.78, 5) is 10.2. The summed E-state index contributed by atoms with van der Waals surface area (Å²) in [5.41, 5.74) is 4.66. The highest BCUT2D eigenvalue weighted by Crippen LogP contribution is 2.20. The van der Waals surface area contributed by atoms with Crippen LogP contribution in [0, 0.1) is 10.1 Å². The van der Waals surface area contributed by atoms with E-state index in [2.05, 4.69) is 24.3 Å². The normalized spacial score (nSPS) is 24.3. The molecule has 0 amide bonds. The first-order chi connectivity index (χ1) is 9.08. The molecule has 0 radical (unpaired) electrons. The molecule has 0 bridgehead atoms. The monoisotopic (exact) mass is 263 g/mol. The Morgan fingerprint density at radius 2 is 1.84 bits per heavy atom. The maximum Gasteiger partial charge on any atom is 0.269 e. The van der Waals surface area contributed by atoms with Crippen LogP contribution < -0.4 is 5.43 Å². The Morgan fingerprint density at radius 3 is 2.37 bits per heavy atom. The second-order valence-corrected chi connectivity index (χ2v) is 5.29. The molecule has 2 unspecified atom stereocenters. The lowest BCUT2D eigenvalue weighted by molar-refractivity contribution is -0.384. The van der Waals surface area contributed by atoms with E-state index in [0.717, 1.165) is 5.56 Å². The van der Waals surface area contributed by atoms with Crippen molar-refractivity contribution in [1.82, 2.24) is 10.4 Å². The number of nitrogens with one attached hydrogen (secondary N) is 1. The molecule has 19 heavy (non-hydrogen) atoms. The topological polar surface area (TPSA) is 58.4 Å². The lowest BCUT2D eigenvalue weighted by Crippen LogP contribution is -2.51. The number of non-ortho nitro benzene ring substituents is 1. The van der Waals surface area contributed by atoms with Crippen LogP contribution >= 0.6 is 0 Å². The Hall–Kier alpha value is -1.46. The minimum atomic E-state index is -0.369. The van der Waals surface area contributed by atoms with Crippen LogP contribution in [-0.2, 0) is 6.54 Å². The summed E-state index contributed by atoms with van der Waals surface area (Å²) in [6.45, 7) is 5.18. The van der Waals surface area contributed by atoms with Crippen molar-refractivity contribution in [2.24, 2.45) is 0 Å². The molecular formula is C14H21N3O2. The zero-order valence-corrected chi connectivity index (χ0v) is 11.5. The lowest BCUT2D eigenvalue weighted by Gasteiger charge is -2.39. The van der Waals surface area contributed by atoms with Crippen molar-refractivity contribution >= 4 is 5.69 Å². The summed E-state index contributed by atoms with van der Waals surface area (Å²) in [6, 6.07) is 7.82. The van der Waals surface area contributed by atoms with Gasteiger partial charge in [-0.1, -0.05) is 18.6 Å². The van der Waals surface area contributed by atoms with Crippen molar-refractivity contribution in [2.45, 2.75) is 51.7 Å². The van der Waals surface area contributed by atoms with Crippen LogP contribution in [0.5, 0.6) is 0 Å². The Morgan fingerprint density at radius 1 is 1.26 bits per heavy atom. The summed E-state index contributed by atoms with van der Waals surface area (Å²) >= 11 is 0. The van der Waals surface area contributed by atoms with Crippen molar-refractivity contribution in [3.8, 4) is 0 Å². The maximum absolute atomic E-state index is 10.6. The molecule has 1 aliphatic heterocycles. The number of nitro groups is 1. The molecular weight excluding hydrogens is 242 g/mol. The first-order valence-corrected chi connectivity index (χ1v) is 6.83. The Bertz CT molecular complexity index is 423. The average Bonchev–Trinajstić information content (AvgIpc) is 2.38. The lowest BCUT2D eigenvalue weighted by atomic mass is 10.00.